The average Bonchev–Trinajstić information content (AvgIpc) is 3.20. The first kappa shape index (κ1) is 26.7. The number of hydrogen-bond donors (Lipinski definition) is 0. The largest absolute Gasteiger partial charge is 0.489 e. The van der Waals surface area contributed by atoms with Crippen molar-refractivity contribution in [1.29, 1.82) is 0 Å². The average molecular weight is 520 g/mol. The third-order valence-electron chi connectivity index (χ3n) is 6.72. The van der Waals surface area contributed by atoms with Gasteiger partial charge in [-0.2, -0.15) is 0 Å². The monoisotopic (exact) mass is 519 g/mol. The van der Waals surface area contributed by atoms with Crippen LogP contribution in [-0.2, 0) is 32.8 Å². The molecule has 3 aromatic carbocycles. The summed E-state index contributed by atoms with van der Waals surface area (Å²) in [5, 5.41) is 0.688. The summed E-state index contributed by atoms with van der Waals surface area (Å²) in [6.45, 7) is 5.84. The number of amides is 1. The van der Waals surface area contributed by atoms with Crippen LogP contribution in [0.15, 0.2) is 72.8 Å². The quantitative estimate of drug-likeness (QED) is 0.326. The van der Waals surface area contributed by atoms with Crippen LogP contribution < -0.4 is 4.74 Å². The van der Waals surface area contributed by atoms with E-state index in [0.717, 1.165) is 40.8 Å². The number of nitrogens with zero attached hydrogens (tertiary/aromatic N) is 1. The molecule has 1 atom stereocenters. The molecule has 0 saturated heterocycles. The number of benzene rings is 3. The fraction of sp³-hybridized carbons (Fsp3) is 0.355. The van der Waals surface area contributed by atoms with Crippen LogP contribution >= 0.6 is 11.6 Å². The predicted octanol–water partition coefficient (Wildman–Crippen LogP) is 6.34. The molecule has 1 aliphatic rings. The van der Waals surface area contributed by atoms with Gasteiger partial charge in [0.15, 0.2) is 0 Å². The van der Waals surface area contributed by atoms with Gasteiger partial charge in [-0.15, -0.1) is 0 Å². The zero-order valence-electron chi connectivity index (χ0n) is 21.9. The van der Waals surface area contributed by atoms with Crippen LogP contribution in [-0.4, -0.2) is 36.0 Å². The molecule has 0 fully saturated rings. The Morgan fingerprint density at radius 3 is 2.38 bits per heavy atom. The highest BCUT2D eigenvalue weighted by atomic mass is 35.5. The van der Waals surface area contributed by atoms with Crippen LogP contribution in [0.25, 0.3) is 0 Å². The van der Waals surface area contributed by atoms with Crippen LogP contribution in [0, 0.1) is 0 Å². The molecule has 3 aromatic rings. The maximum atomic E-state index is 13.4. The van der Waals surface area contributed by atoms with Crippen LogP contribution in [0.2, 0.25) is 5.02 Å². The minimum absolute atomic E-state index is 0.0913. The number of hydrogen-bond acceptors (Lipinski definition) is 4. The second kappa shape index (κ2) is 11.0. The maximum Gasteiger partial charge on any atom is 0.326 e. The molecule has 6 heteroatoms. The topological polar surface area (TPSA) is 55.8 Å². The van der Waals surface area contributed by atoms with E-state index in [9.17, 15) is 9.59 Å². The third-order valence-corrected chi connectivity index (χ3v) is 6.96. The van der Waals surface area contributed by atoms with Crippen molar-refractivity contribution in [1.82, 2.24) is 4.90 Å². The Balaban J connectivity index is 1.56. The van der Waals surface area contributed by atoms with E-state index in [-0.39, 0.29) is 18.9 Å². The standard InChI is InChI=1S/C31H34ClNO4/c1-30(2,3)37-29(35)20-33(4)28(34)19-31(17-16-23-18-25(32)12-15-27(23)31)24-10-13-26(14-11-24)36-21-22-8-6-5-7-9-22/h5-15,18H,16-17,19-21H2,1-4H3. The Morgan fingerprint density at radius 2 is 1.70 bits per heavy atom. The second-order valence-corrected chi connectivity index (χ2v) is 11.1. The molecule has 0 N–H and O–H groups in total. The number of esters is 1. The number of halogens is 1. The van der Waals surface area contributed by atoms with Crippen molar-refractivity contribution in [3.63, 3.8) is 0 Å². The van der Waals surface area contributed by atoms with Crippen molar-refractivity contribution >= 4 is 23.5 Å². The lowest BCUT2D eigenvalue weighted by atomic mass is 9.72. The lowest BCUT2D eigenvalue weighted by Gasteiger charge is -2.33. The minimum Gasteiger partial charge on any atom is -0.489 e. The number of rotatable bonds is 8. The maximum absolute atomic E-state index is 13.4. The number of fused-ring (bicyclic) bond motifs is 1. The van der Waals surface area contributed by atoms with E-state index in [2.05, 4.69) is 0 Å². The van der Waals surface area contributed by atoms with E-state index in [0.29, 0.717) is 11.6 Å². The molecule has 0 heterocycles. The van der Waals surface area contributed by atoms with Crippen molar-refractivity contribution in [2.45, 2.75) is 57.7 Å². The van der Waals surface area contributed by atoms with Gasteiger partial charge in [0.05, 0.1) is 0 Å². The van der Waals surface area contributed by atoms with Gasteiger partial charge in [0.25, 0.3) is 0 Å². The lowest BCUT2D eigenvalue weighted by Crippen LogP contribution is -2.40. The van der Waals surface area contributed by atoms with E-state index in [1.165, 1.54) is 4.90 Å². The van der Waals surface area contributed by atoms with E-state index in [1.54, 1.807) is 7.05 Å². The molecule has 0 saturated carbocycles. The highest BCUT2D eigenvalue weighted by Gasteiger charge is 2.42. The molecule has 0 bridgehead atoms. The van der Waals surface area contributed by atoms with Crippen LogP contribution in [0.5, 0.6) is 5.75 Å². The second-order valence-electron chi connectivity index (χ2n) is 10.7. The summed E-state index contributed by atoms with van der Waals surface area (Å²) < 4.78 is 11.4. The molecule has 37 heavy (non-hydrogen) atoms. The first-order chi connectivity index (χ1) is 17.6. The van der Waals surface area contributed by atoms with Gasteiger partial charge in [0.2, 0.25) is 5.91 Å². The van der Waals surface area contributed by atoms with Gasteiger partial charge < -0.3 is 14.4 Å². The molecule has 194 valence electrons. The van der Waals surface area contributed by atoms with Crippen molar-refractivity contribution in [2.75, 3.05) is 13.6 Å². The number of carbonyl (C=O) groups is 2. The number of ether oxygens (including phenoxy) is 2. The molecular weight excluding hydrogens is 486 g/mol. The summed E-state index contributed by atoms with van der Waals surface area (Å²) in [4.78, 5) is 27.3. The Morgan fingerprint density at radius 1 is 1.00 bits per heavy atom. The first-order valence-corrected chi connectivity index (χ1v) is 13.0. The fourth-order valence-electron chi connectivity index (χ4n) is 4.96. The molecule has 0 radical (unpaired) electrons. The zero-order valence-corrected chi connectivity index (χ0v) is 22.7. The normalized spacial score (nSPS) is 16.7. The summed E-state index contributed by atoms with van der Waals surface area (Å²) in [6.07, 6.45) is 1.84. The van der Waals surface area contributed by atoms with Gasteiger partial charge in [-0.05, 0) is 80.1 Å². The highest BCUT2D eigenvalue weighted by Crippen LogP contribution is 2.48. The van der Waals surface area contributed by atoms with Crippen molar-refractivity contribution in [3.05, 3.63) is 100 Å². The SMILES string of the molecule is CN(CC(=O)OC(C)(C)C)C(=O)CC1(c2ccc(OCc3ccccc3)cc2)CCc2cc(Cl)ccc21. The smallest absolute Gasteiger partial charge is 0.326 e. The van der Waals surface area contributed by atoms with Crippen LogP contribution in [0.1, 0.15) is 55.9 Å². The lowest BCUT2D eigenvalue weighted by molar-refractivity contribution is -0.158. The Bertz CT molecular complexity index is 1250. The molecule has 1 unspecified atom stereocenters. The van der Waals surface area contributed by atoms with Gasteiger partial charge in [0, 0.05) is 23.9 Å². The molecule has 0 spiro atoms. The van der Waals surface area contributed by atoms with E-state index in [1.807, 2.05) is 93.6 Å². The summed E-state index contributed by atoms with van der Waals surface area (Å²) >= 11 is 6.29. The predicted molar refractivity (Wildman–Crippen MR) is 146 cm³/mol. The Hall–Kier alpha value is -3.31. The molecule has 1 amide bonds. The van der Waals surface area contributed by atoms with Gasteiger partial charge >= 0.3 is 5.97 Å². The Kier molecular flexibility index (Phi) is 7.93. The summed E-state index contributed by atoms with van der Waals surface area (Å²) in [5.41, 5.74) is 3.28. The highest BCUT2D eigenvalue weighted by molar-refractivity contribution is 6.30. The van der Waals surface area contributed by atoms with E-state index in [4.69, 9.17) is 21.1 Å². The van der Waals surface area contributed by atoms with Crippen molar-refractivity contribution in [2.24, 2.45) is 0 Å². The summed E-state index contributed by atoms with van der Waals surface area (Å²) in [7, 11) is 1.65. The molecule has 5 nitrogen and oxygen atoms in total. The summed E-state index contributed by atoms with van der Waals surface area (Å²) in [5.74, 6) is 0.236. The van der Waals surface area contributed by atoms with Crippen LogP contribution in [0.3, 0.4) is 0 Å². The number of aryl methyl sites for hydroxylation is 1. The van der Waals surface area contributed by atoms with Crippen molar-refractivity contribution < 1.29 is 19.1 Å². The van der Waals surface area contributed by atoms with Gasteiger partial charge in [-0.3, -0.25) is 9.59 Å². The molecule has 0 aromatic heterocycles. The van der Waals surface area contributed by atoms with Gasteiger partial charge in [-0.25, -0.2) is 0 Å². The third kappa shape index (κ3) is 6.53. The van der Waals surface area contributed by atoms with Crippen molar-refractivity contribution in [3.8, 4) is 5.75 Å². The number of likely N-dealkylation sites (N-methyl/N-ethyl adjacent to an activating group) is 1. The van der Waals surface area contributed by atoms with E-state index < -0.39 is 17.0 Å². The first-order valence-electron chi connectivity index (χ1n) is 12.6. The number of carbonyl (C=O) groups excluding carboxylic acids is 2. The molecule has 4 rings (SSSR count). The molecule has 1 aliphatic carbocycles. The molecule has 0 aliphatic heterocycles. The summed E-state index contributed by atoms with van der Waals surface area (Å²) in [6, 6.07) is 24.0. The Labute approximate surface area is 224 Å². The van der Waals surface area contributed by atoms with Gasteiger partial charge in [-0.1, -0.05) is 60.1 Å². The van der Waals surface area contributed by atoms with Gasteiger partial charge in [0.1, 0.15) is 24.5 Å². The minimum atomic E-state index is -0.601. The van der Waals surface area contributed by atoms with E-state index >= 15 is 0 Å². The fourth-order valence-corrected chi connectivity index (χ4v) is 5.16. The zero-order chi connectivity index (χ0) is 26.6. The molecular formula is C31H34ClNO4. The van der Waals surface area contributed by atoms with Crippen LogP contribution in [0.4, 0.5) is 0 Å².